The summed E-state index contributed by atoms with van der Waals surface area (Å²) in [6, 6.07) is 0. The Balaban J connectivity index is 3.33. The summed E-state index contributed by atoms with van der Waals surface area (Å²) in [7, 11) is 0. The third kappa shape index (κ3) is 9.95. The number of thioether (sulfide) groups is 2. The quantitative estimate of drug-likeness (QED) is 0.386. The van der Waals surface area contributed by atoms with E-state index in [9.17, 15) is 9.59 Å². The van der Waals surface area contributed by atoms with Gasteiger partial charge in [-0.2, -0.15) is 0 Å². The zero-order chi connectivity index (χ0) is 13.3. The minimum atomic E-state index is 0.102. The van der Waals surface area contributed by atoms with E-state index < -0.39 is 0 Å². The third-order valence-electron chi connectivity index (χ3n) is 1.75. The van der Waals surface area contributed by atoms with Gasteiger partial charge in [0.2, 0.25) is 0 Å². The second-order valence-corrected chi connectivity index (χ2v) is 8.59. The molecule has 0 amide bonds. The molecule has 0 saturated carbocycles. The number of hydrogen-bond acceptors (Lipinski definition) is 4. The molecule has 0 saturated heterocycles. The second-order valence-electron chi connectivity index (χ2n) is 3.85. The molecule has 0 bridgehead atoms. The van der Waals surface area contributed by atoms with Crippen LogP contribution in [0.2, 0.25) is 10.6 Å². The van der Waals surface area contributed by atoms with Crippen molar-refractivity contribution in [3.63, 3.8) is 0 Å². The van der Waals surface area contributed by atoms with E-state index in [1.165, 1.54) is 23.5 Å². The van der Waals surface area contributed by atoms with Crippen molar-refractivity contribution in [3.05, 3.63) is 12.2 Å². The normalized spacial score (nSPS) is 10.6. The zero-order valence-corrected chi connectivity index (χ0v) is 14.0. The van der Waals surface area contributed by atoms with Gasteiger partial charge in [-0.05, 0) is 0 Å². The van der Waals surface area contributed by atoms with Crippen molar-refractivity contribution in [1.29, 1.82) is 0 Å². The molecular formula is C12H20O2S2Se. The minimum absolute atomic E-state index is 0.102. The average Bonchev–Trinajstić information content (AvgIpc) is 2.26. The van der Waals surface area contributed by atoms with Gasteiger partial charge in [-0.25, -0.2) is 0 Å². The molecular weight excluding hydrogens is 319 g/mol. The van der Waals surface area contributed by atoms with E-state index in [1.807, 2.05) is 13.8 Å². The predicted octanol–water partition coefficient (Wildman–Crippen LogP) is 3.28. The molecule has 98 valence electrons. The van der Waals surface area contributed by atoms with Gasteiger partial charge in [0.15, 0.2) is 0 Å². The van der Waals surface area contributed by atoms with Crippen molar-refractivity contribution < 1.29 is 9.59 Å². The summed E-state index contributed by atoms with van der Waals surface area (Å²) in [5.74, 6) is 1.95. The van der Waals surface area contributed by atoms with Crippen molar-refractivity contribution in [1.82, 2.24) is 0 Å². The monoisotopic (exact) mass is 340 g/mol. The molecule has 0 unspecified atom stereocenters. The van der Waals surface area contributed by atoms with Gasteiger partial charge in [-0.1, -0.05) is 0 Å². The molecule has 2 nitrogen and oxygen atoms in total. The Bertz CT molecular complexity index is 278. The van der Waals surface area contributed by atoms with Gasteiger partial charge in [0.1, 0.15) is 0 Å². The van der Waals surface area contributed by atoms with E-state index in [0.717, 1.165) is 22.1 Å². The summed E-state index contributed by atoms with van der Waals surface area (Å²) >= 11 is 3.35. The molecule has 0 aromatic carbocycles. The van der Waals surface area contributed by atoms with Crippen molar-refractivity contribution in [3.8, 4) is 0 Å². The van der Waals surface area contributed by atoms with Crippen LogP contribution < -0.4 is 0 Å². The van der Waals surface area contributed by atoms with Crippen molar-refractivity contribution in [2.24, 2.45) is 5.92 Å². The maximum absolute atomic E-state index is 11.3. The summed E-state index contributed by atoms with van der Waals surface area (Å²) in [5, 5.41) is 2.59. The zero-order valence-electron chi connectivity index (χ0n) is 10.7. The van der Waals surface area contributed by atoms with Crippen LogP contribution in [0.3, 0.4) is 0 Å². The van der Waals surface area contributed by atoms with Gasteiger partial charge >= 0.3 is 119 Å². The molecule has 5 heteroatoms. The Morgan fingerprint density at radius 3 is 2.18 bits per heavy atom. The van der Waals surface area contributed by atoms with Crippen LogP contribution in [0.4, 0.5) is 0 Å². The van der Waals surface area contributed by atoms with E-state index in [0.29, 0.717) is 20.5 Å². The number of hydrogen-bond donors (Lipinski definition) is 0. The van der Waals surface area contributed by atoms with Crippen LogP contribution in [0.1, 0.15) is 20.8 Å². The Kier molecular flexibility index (Phi) is 10.4. The Hall–Kier alpha value is 0.299. The van der Waals surface area contributed by atoms with E-state index in [1.54, 1.807) is 6.92 Å². The SMILES string of the molecule is C=C(C)C(=O)SCC[Se]CCSC(=O)C(C)C. The number of carbonyl (C=O) groups excluding carboxylic acids is 2. The summed E-state index contributed by atoms with van der Waals surface area (Å²) in [6.45, 7) is 9.22. The van der Waals surface area contributed by atoms with E-state index in [4.69, 9.17) is 0 Å². The molecule has 0 aliphatic heterocycles. The van der Waals surface area contributed by atoms with Crippen molar-refractivity contribution in [2.75, 3.05) is 11.5 Å². The van der Waals surface area contributed by atoms with Crippen LogP contribution >= 0.6 is 23.5 Å². The van der Waals surface area contributed by atoms with Gasteiger partial charge in [0.05, 0.1) is 0 Å². The van der Waals surface area contributed by atoms with E-state index in [2.05, 4.69) is 6.58 Å². The second kappa shape index (κ2) is 10.2. The van der Waals surface area contributed by atoms with E-state index in [-0.39, 0.29) is 16.1 Å². The van der Waals surface area contributed by atoms with Gasteiger partial charge in [0.25, 0.3) is 0 Å². The first-order chi connectivity index (χ1) is 7.95. The topological polar surface area (TPSA) is 34.1 Å². The fourth-order valence-electron chi connectivity index (χ4n) is 0.786. The average molecular weight is 339 g/mol. The first-order valence-electron chi connectivity index (χ1n) is 5.52. The third-order valence-corrected chi connectivity index (χ3v) is 7.17. The molecule has 17 heavy (non-hydrogen) atoms. The van der Waals surface area contributed by atoms with Gasteiger partial charge in [0, 0.05) is 0 Å². The van der Waals surface area contributed by atoms with Crippen molar-refractivity contribution >= 4 is 48.7 Å². The summed E-state index contributed by atoms with van der Waals surface area (Å²) in [5.41, 5.74) is 0.626. The fourth-order valence-corrected chi connectivity index (χ4v) is 5.12. The molecule has 0 fully saturated rings. The Morgan fingerprint density at radius 1 is 1.18 bits per heavy atom. The molecule has 0 radical (unpaired) electrons. The van der Waals surface area contributed by atoms with Crippen LogP contribution in [0.25, 0.3) is 0 Å². The van der Waals surface area contributed by atoms with Crippen molar-refractivity contribution in [2.45, 2.75) is 31.4 Å². The number of carbonyl (C=O) groups is 2. The Labute approximate surface area is 119 Å². The van der Waals surface area contributed by atoms with Crippen LogP contribution in [0.15, 0.2) is 12.2 Å². The van der Waals surface area contributed by atoms with Gasteiger partial charge in [-0.15, -0.1) is 0 Å². The molecule has 0 aromatic heterocycles. The molecule has 0 rings (SSSR count). The van der Waals surface area contributed by atoms with Gasteiger partial charge in [-0.3, -0.25) is 0 Å². The summed E-state index contributed by atoms with van der Waals surface area (Å²) in [4.78, 5) is 22.5. The molecule has 0 aliphatic carbocycles. The standard InChI is InChI=1S/C12H20O2S2Se/c1-9(2)11(13)15-5-7-17-8-6-16-12(14)10(3)4/h10H,1,5-8H2,2-4H3. The fraction of sp³-hybridized carbons (Fsp3) is 0.667. The molecule has 0 aromatic rings. The first-order valence-corrected chi connectivity index (χ1v) is 9.91. The van der Waals surface area contributed by atoms with Crippen LogP contribution in [0, 0.1) is 5.92 Å². The van der Waals surface area contributed by atoms with Crippen LogP contribution in [0.5, 0.6) is 0 Å². The summed E-state index contributed by atoms with van der Waals surface area (Å²) < 4.78 is 0. The molecule has 0 atom stereocenters. The summed E-state index contributed by atoms with van der Waals surface area (Å²) in [6.07, 6.45) is 0. The van der Waals surface area contributed by atoms with Crippen LogP contribution in [-0.4, -0.2) is 36.7 Å². The molecule has 0 N–H and O–H groups in total. The molecule has 0 spiro atoms. The first kappa shape index (κ1) is 17.3. The Morgan fingerprint density at radius 2 is 1.71 bits per heavy atom. The van der Waals surface area contributed by atoms with E-state index >= 15 is 0 Å². The predicted molar refractivity (Wildman–Crippen MR) is 80.0 cm³/mol. The maximum atomic E-state index is 11.3. The molecule has 0 aliphatic rings. The molecule has 0 heterocycles. The number of rotatable bonds is 8. The van der Waals surface area contributed by atoms with Crippen LogP contribution in [-0.2, 0) is 9.59 Å². The van der Waals surface area contributed by atoms with Gasteiger partial charge < -0.3 is 0 Å².